The fourth-order valence-corrected chi connectivity index (χ4v) is 3.25. The number of ether oxygens (including phenoxy) is 3. The van der Waals surface area contributed by atoms with Crippen molar-refractivity contribution in [2.24, 2.45) is 0 Å². The highest BCUT2D eigenvalue weighted by Gasteiger charge is 2.37. The Labute approximate surface area is 151 Å². The fraction of sp³-hybridized carbons (Fsp3) is 0.421. The molecule has 1 aliphatic rings. The molecule has 2 atom stereocenters. The van der Waals surface area contributed by atoms with Crippen molar-refractivity contribution in [1.82, 2.24) is 9.88 Å². The van der Waals surface area contributed by atoms with Crippen LogP contribution >= 0.6 is 0 Å². The van der Waals surface area contributed by atoms with Crippen LogP contribution in [0.2, 0.25) is 0 Å². The number of hydrogen-bond acceptors (Lipinski definition) is 6. The van der Waals surface area contributed by atoms with Crippen molar-refractivity contribution < 1.29 is 23.8 Å². The second-order valence-corrected chi connectivity index (χ2v) is 6.17. The van der Waals surface area contributed by atoms with Gasteiger partial charge in [0, 0.05) is 25.5 Å². The van der Waals surface area contributed by atoms with Gasteiger partial charge in [-0.2, -0.15) is 0 Å². The number of methoxy groups -OCH3 is 3. The van der Waals surface area contributed by atoms with E-state index in [-0.39, 0.29) is 12.0 Å². The molecule has 2 aromatic rings. The first-order chi connectivity index (χ1) is 12.6. The number of benzene rings is 1. The largest absolute Gasteiger partial charge is 0.497 e. The summed E-state index contributed by atoms with van der Waals surface area (Å²) in [6, 6.07) is 8.29. The SMILES string of the molecule is COC(=O)[C@@H]1C[C@H](OC)CCN1C(=O)c1ccc2cc(OC)ccc2n1. The number of hydrogen-bond donors (Lipinski definition) is 0. The molecule has 0 spiro atoms. The highest BCUT2D eigenvalue weighted by atomic mass is 16.5. The number of carbonyl (C=O) groups is 2. The summed E-state index contributed by atoms with van der Waals surface area (Å²) in [6.07, 6.45) is 1.01. The van der Waals surface area contributed by atoms with E-state index in [2.05, 4.69) is 4.98 Å². The first kappa shape index (κ1) is 18.1. The second-order valence-electron chi connectivity index (χ2n) is 6.17. The van der Waals surface area contributed by atoms with Crippen molar-refractivity contribution >= 4 is 22.8 Å². The summed E-state index contributed by atoms with van der Waals surface area (Å²) in [4.78, 5) is 31.1. The molecule has 3 rings (SSSR count). The molecule has 1 aliphatic heterocycles. The van der Waals surface area contributed by atoms with Gasteiger partial charge in [-0.15, -0.1) is 0 Å². The number of piperidine rings is 1. The molecule has 138 valence electrons. The molecule has 1 amide bonds. The van der Waals surface area contributed by atoms with E-state index in [1.54, 1.807) is 32.4 Å². The molecular weight excluding hydrogens is 336 g/mol. The Morgan fingerprint density at radius 1 is 1.15 bits per heavy atom. The monoisotopic (exact) mass is 358 g/mol. The summed E-state index contributed by atoms with van der Waals surface area (Å²) >= 11 is 0. The number of amides is 1. The lowest BCUT2D eigenvalue weighted by atomic mass is 9.98. The molecular formula is C19H22N2O5. The summed E-state index contributed by atoms with van der Waals surface area (Å²) < 4.78 is 15.4. The van der Waals surface area contributed by atoms with Gasteiger partial charge >= 0.3 is 5.97 Å². The third kappa shape index (κ3) is 3.48. The van der Waals surface area contributed by atoms with Crippen molar-refractivity contribution in [3.63, 3.8) is 0 Å². The number of nitrogens with zero attached hydrogens (tertiary/aromatic N) is 2. The highest BCUT2D eigenvalue weighted by molar-refractivity contribution is 5.97. The molecule has 1 saturated heterocycles. The number of pyridine rings is 1. The molecule has 0 saturated carbocycles. The van der Waals surface area contributed by atoms with Crippen LogP contribution in [0.3, 0.4) is 0 Å². The zero-order chi connectivity index (χ0) is 18.7. The predicted octanol–water partition coefficient (Wildman–Crippen LogP) is 2.04. The van der Waals surface area contributed by atoms with Gasteiger partial charge in [-0.05, 0) is 30.7 Å². The Hall–Kier alpha value is -2.67. The molecule has 7 nitrogen and oxygen atoms in total. The fourth-order valence-electron chi connectivity index (χ4n) is 3.25. The van der Waals surface area contributed by atoms with Crippen LogP contribution in [0.25, 0.3) is 10.9 Å². The number of rotatable bonds is 4. The molecule has 0 unspecified atom stereocenters. The van der Waals surface area contributed by atoms with Gasteiger partial charge in [-0.1, -0.05) is 6.07 Å². The molecule has 7 heteroatoms. The van der Waals surface area contributed by atoms with Gasteiger partial charge < -0.3 is 19.1 Å². The van der Waals surface area contributed by atoms with E-state index in [1.807, 2.05) is 12.1 Å². The van der Waals surface area contributed by atoms with Crippen molar-refractivity contribution in [2.75, 3.05) is 27.9 Å². The number of carbonyl (C=O) groups excluding carboxylic acids is 2. The first-order valence-corrected chi connectivity index (χ1v) is 8.43. The predicted molar refractivity (Wildman–Crippen MR) is 95.2 cm³/mol. The minimum Gasteiger partial charge on any atom is -0.497 e. The standard InChI is InChI=1S/C19H22N2O5/c1-24-13-5-7-15-12(10-13)4-6-16(20-15)18(22)21-9-8-14(25-2)11-17(21)19(23)26-3/h4-7,10,14,17H,8-9,11H2,1-3H3/t14-,17+/m1/s1. The molecule has 26 heavy (non-hydrogen) atoms. The maximum Gasteiger partial charge on any atom is 0.328 e. The number of aromatic nitrogens is 1. The Balaban J connectivity index is 1.89. The summed E-state index contributed by atoms with van der Waals surface area (Å²) in [5, 5.41) is 0.878. The van der Waals surface area contributed by atoms with E-state index in [9.17, 15) is 9.59 Å². The Morgan fingerprint density at radius 3 is 2.65 bits per heavy atom. The number of esters is 1. The maximum atomic E-state index is 13.0. The average molecular weight is 358 g/mol. The van der Waals surface area contributed by atoms with Crippen LogP contribution in [0, 0.1) is 0 Å². The number of fused-ring (bicyclic) bond motifs is 1. The summed E-state index contributed by atoms with van der Waals surface area (Å²) in [6.45, 7) is 0.416. The second kappa shape index (κ2) is 7.70. The van der Waals surface area contributed by atoms with Crippen LogP contribution in [0.4, 0.5) is 0 Å². The Kier molecular flexibility index (Phi) is 5.37. The zero-order valence-electron chi connectivity index (χ0n) is 15.1. The quantitative estimate of drug-likeness (QED) is 0.779. The smallest absolute Gasteiger partial charge is 0.328 e. The first-order valence-electron chi connectivity index (χ1n) is 8.43. The molecule has 0 radical (unpaired) electrons. The van der Waals surface area contributed by atoms with Crippen LogP contribution in [-0.2, 0) is 14.3 Å². The van der Waals surface area contributed by atoms with Crippen LogP contribution in [0.5, 0.6) is 5.75 Å². The van der Waals surface area contributed by atoms with Crippen LogP contribution in [0.1, 0.15) is 23.3 Å². The van der Waals surface area contributed by atoms with Gasteiger partial charge in [-0.25, -0.2) is 9.78 Å². The average Bonchev–Trinajstić information content (AvgIpc) is 2.71. The van der Waals surface area contributed by atoms with E-state index < -0.39 is 12.0 Å². The third-order valence-electron chi connectivity index (χ3n) is 4.74. The lowest BCUT2D eigenvalue weighted by molar-refractivity contribution is -0.149. The normalized spacial score (nSPS) is 20.0. The van der Waals surface area contributed by atoms with Crippen molar-refractivity contribution in [3.05, 3.63) is 36.0 Å². The zero-order valence-corrected chi connectivity index (χ0v) is 15.1. The minimum atomic E-state index is -0.667. The van der Waals surface area contributed by atoms with Gasteiger partial charge in [-0.3, -0.25) is 4.79 Å². The number of likely N-dealkylation sites (tertiary alicyclic amines) is 1. The third-order valence-corrected chi connectivity index (χ3v) is 4.74. The van der Waals surface area contributed by atoms with E-state index in [0.717, 1.165) is 11.1 Å². The van der Waals surface area contributed by atoms with Gasteiger partial charge in [0.05, 0.1) is 25.8 Å². The summed E-state index contributed by atoms with van der Waals surface area (Å²) in [5.41, 5.74) is 0.991. The molecule has 0 N–H and O–H groups in total. The van der Waals surface area contributed by atoms with Crippen LogP contribution < -0.4 is 4.74 Å². The molecule has 1 fully saturated rings. The van der Waals surface area contributed by atoms with Gasteiger partial charge in [0.15, 0.2) is 0 Å². The van der Waals surface area contributed by atoms with Gasteiger partial charge in [0.25, 0.3) is 5.91 Å². The van der Waals surface area contributed by atoms with Crippen molar-refractivity contribution in [3.8, 4) is 5.75 Å². The molecule has 1 aromatic carbocycles. The van der Waals surface area contributed by atoms with Gasteiger partial charge in [0.2, 0.25) is 0 Å². The maximum absolute atomic E-state index is 13.0. The van der Waals surface area contributed by atoms with Crippen molar-refractivity contribution in [1.29, 1.82) is 0 Å². The summed E-state index contributed by atoms with van der Waals surface area (Å²) in [5.74, 6) is 0.00377. The molecule has 2 heterocycles. The van der Waals surface area contributed by atoms with Gasteiger partial charge in [0.1, 0.15) is 17.5 Å². The van der Waals surface area contributed by atoms with E-state index >= 15 is 0 Å². The molecule has 1 aromatic heterocycles. The lowest BCUT2D eigenvalue weighted by Gasteiger charge is -2.37. The Morgan fingerprint density at radius 2 is 1.96 bits per heavy atom. The minimum absolute atomic E-state index is 0.0693. The molecule has 0 aliphatic carbocycles. The Bertz CT molecular complexity index is 823. The van der Waals surface area contributed by atoms with Crippen molar-refractivity contribution in [2.45, 2.75) is 25.0 Å². The van der Waals surface area contributed by atoms with E-state index in [4.69, 9.17) is 14.2 Å². The summed E-state index contributed by atoms with van der Waals surface area (Å²) in [7, 11) is 4.53. The van der Waals surface area contributed by atoms with E-state index in [0.29, 0.717) is 30.6 Å². The van der Waals surface area contributed by atoms with E-state index in [1.165, 1.54) is 12.0 Å². The topological polar surface area (TPSA) is 78.0 Å². The van der Waals surface area contributed by atoms with Crippen LogP contribution in [0.15, 0.2) is 30.3 Å². The highest BCUT2D eigenvalue weighted by Crippen LogP contribution is 2.24. The van der Waals surface area contributed by atoms with Crippen LogP contribution in [-0.4, -0.2) is 61.8 Å². The lowest BCUT2D eigenvalue weighted by Crippen LogP contribution is -2.52. The molecule has 0 bridgehead atoms.